The normalized spacial score (nSPS) is 11.3. The molecule has 0 saturated heterocycles. The molecule has 88 valence electrons. The molecule has 15 heavy (non-hydrogen) atoms. The Kier molecular flexibility index (Phi) is 5.88. The molecule has 6 heteroatoms. The molecule has 0 aromatic rings. The van der Waals surface area contributed by atoms with Gasteiger partial charge in [0.2, 0.25) is 0 Å². The van der Waals surface area contributed by atoms with Gasteiger partial charge in [0.25, 0.3) is 0 Å². The van der Waals surface area contributed by atoms with Crippen LogP contribution in [0, 0.1) is 0 Å². The monoisotopic (exact) mass is 218 g/mol. The zero-order chi connectivity index (χ0) is 11.9. The Morgan fingerprint density at radius 1 is 0.933 bits per heavy atom. The Morgan fingerprint density at radius 3 is 1.53 bits per heavy atom. The van der Waals surface area contributed by atoms with E-state index in [1.807, 2.05) is 0 Å². The molecule has 6 N–H and O–H groups in total. The minimum Gasteiger partial charge on any atom is -0.481 e. The molecule has 0 aliphatic heterocycles. The Bertz CT molecular complexity index is 206. The molecule has 0 radical (unpaired) electrons. The van der Waals surface area contributed by atoms with Crippen molar-refractivity contribution < 1.29 is 19.8 Å². The molecule has 6 nitrogen and oxygen atoms in total. The van der Waals surface area contributed by atoms with Gasteiger partial charge in [0, 0.05) is 12.8 Å². The van der Waals surface area contributed by atoms with Crippen molar-refractivity contribution in [2.45, 2.75) is 44.2 Å². The fourth-order valence-electron chi connectivity index (χ4n) is 1.26. The van der Waals surface area contributed by atoms with E-state index in [2.05, 4.69) is 0 Å². The molecule has 0 bridgehead atoms. The molecule has 0 unspecified atom stereocenters. The highest BCUT2D eigenvalue weighted by atomic mass is 16.4. The second-order valence-corrected chi connectivity index (χ2v) is 3.73. The van der Waals surface area contributed by atoms with Gasteiger partial charge in [-0.15, -0.1) is 0 Å². The fraction of sp³-hybridized carbons (Fsp3) is 0.778. The van der Waals surface area contributed by atoms with Gasteiger partial charge in [0.1, 0.15) is 0 Å². The summed E-state index contributed by atoms with van der Waals surface area (Å²) in [5.41, 5.74) is 10.4. The molecule has 0 amide bonds. The minimum absolute atomic E-state index is 0.0368. The van der Waals surface area contributed by atoms with Crippen LogP contribution < -0.4 is 11.5 Å². The quantitative estimate of drug-likeness (QED) is 0.428. The molecule has 0 atom stereocenters. The maximum Gasteiger partial charge on any atom is 0.303 e. The molecule has 0 aliphatic rings. The number of carboxylic acids is 2. The largest absolute Gasteiger partial charge is 0.481 e. The van der Waals surface area contributed by atoms with Crippen LogP contribution in [0.25, 0.3) is 0 Å². The van der Waals surface area contributed by atoms with Crippen molar-refractivity contribution in [3.8, 4) is 0 Å². The summed E-state index contributed by atoms with van der Waals surface area (Å²) in [5, 5.41) is 16.8. The summed E-state index contributed by atoms with van der Waals surface area (Å²) < 4.78 is 0. The molecule has 0 saturated carbocycles. The number of nitrogens with two attached hydrogens (primary N) is 2. The Morgan fingerprint density at radius 2 is 1.27 bits per heavy atom. The van der Waals surface area contributed by atoms with Crippen molar-refractivity contribution in [3.05, 3.63) is 0 Å². The number of aliphatic carboxylic acids is 2. The van der Waals surface area contributed by atoms with E-state index in [0.717, 1.165) is 0 Å². The second kappa shape index (κ2) is 6.36. The standard InChI is InChI=1S/C9H18N2O4/c10-9(11,5-1-3-7(12)13)6-2-4-8(14)15/h1-6,10-11H2,(H,12,13)(H,14,15). The summed E-state index contributed by atoms with van der Waals surface area (Å²) in [7, 11) is 0. The van der Waals surface area contributed by atoms with Crippen LogP contribution in [0.5, 0.6) is 0 Å². The first-order chi connectivity index (χ1) is 6.83. The predicted molar refractivity (Wildman–Crippen MR) is 54.1 cm³/mol. The van der Waals surface area contributed by atoms with Crippen LogP contribution in [0.4, 0.5) is 0 Å². The van der Waals surface area contributed by atoms with Crippen LogP contribution in [-0.4, -0.2) is 27.8 Å². The third kappa shape index (κ3) is 9.17. The summed E-state index contributed by atoms with van der Waals surface area (Å²) in [6, 6.07) is 0. The van der Waals surface area contributed by atoms with Crippen molar-refractivity contribution in [1.29, 1.82) is 0 Å². The van der Waals surface area contributed by atoms with Crippen LogP contribution in [0.2, 0.25) is 0 Å². The van der Waals surface area contributed by atoms with E-state index in [4.69, 9.17) is 21.7 Å². The maximum atomic E-state index is 10.2. The lowest BCUT2D eigenvalue weighted by atomic mass is 9.98. The van der Waals surface area contributed by atoms with Gasteiger partial charge >= 0.3 is 11.9 Å². The van der Waals surface area contributed by atoms with E-state index in [0.29, 0.717) is 25.7 Å². The molecular formula is C9H18N2O4. The van der Waals surface area contributed by atoms with E-state index in [1.54, 1.807) is 0 Å². The summed E-state index contributed by atoms with van der Waals surface area (Å²) in [5.74, 6) is -1.76. The summed E-state index contributed by atoms with van der Waals surface area (Å²) in [6.45, 7) is 0. The van der Waals surface area contributed by atoms with Crippen molar-refractivity contribution in [2.24, 2.45) is 11.5 Å². The molecule has 0 heterocycles. The predicted octanol–water partition coefficient (Wildman–Crippen LogP) is 0.110. The van der Waals surface area contributed by atoms with E-state index in [9.17, 15) is 9.59 Å². The third-order valence-corrected chi connectivity index (χ3v) is 2.07. The van der Waals surface area contributed by atoms with Crippen LogP contribution in [-0.2, 0) is 9.59 Å². The lowest BCUT2D eigenvalue weighted by molar-refractivity contribution is -0.138. The van der Waals surface area contributed by atoms with Crippen molar-refractivity contribution in [2.75, 3.05) is 0 Å². The molecule has 0 aromatic heterocycles. The van der Waals surface area contributed by atoms with Gasteiger partial charge in [-0.25, -0.2) is 0 Å². The van der Waals surface area contributed by atoms with Gasteiger partial charge in [-0.05, 0) is 25.7 Å². The first kappa shape index (κ1) is 13.9. The van der Waals surface area contributed by atoms with Gasteiger partial charge < -0.3 is 21.7 Å². The Balaban J connectivity index is 3.66. The summed E-state index contributed by atoms with van der Waals surface area (Å²) >= 11 is 0. The van der Waals surface area contributed by atoms with Crippen molar-refractivity contribution in [1.82, 2.24) is 0 Å². The van der Waals surface area contributed by atoms with E-state index < -0.39 is 17.6 Å². The van der Waals surface area contributed by atoms with Gasteiger partial charge in [-0.1, -0.05) is 0 Å². The maximum absolute atomic E-state index is 10.2. The second-order valence-electron chi connectivity index (χ2n) is 3.73. The van der Waals surface area contributed by atoms with Gasteiger partial charge in [-0.3, -0.25) is 9.59 Å². The van der Waals surface area contributed by atoms with E-state index in [-0.39, 0.29) is 12.8 Å². The average molecular weight is 218 g/mol. The molecular weight excluding hydrogens is 200 g/mol. The topological polar surface area (TPSA) is 127 Å². The number of hydrogen-bond donors (Lipinski definition) is 4. The Labute approximate surface area is 88.3 Å². The van der Waals surface area contributed by atoms with E-state index in [1.165, 1.54) is 0 Å². The third-order valence-electron chi connectivity index (χ3n) is 2.07. The average Bonchev–Trinajstić information content (AvgIpc) is 2.01. The highest BCUT2D eigenvalue weighted by Crippen LogP contribution is 2.13. The van der Waals surface area contributed by atoms with Crippen LogP contribution >= 0.6 is 0 Å². The lowest BCUT2D eigenvalue weighted by Crippen LogP contribution is -2.49. The number of rotatable bonds is 8. The van der Waals surface area contributed by atoms with Crippen LogP contribution in [0.1, 0.15) is 38.5 Å². The van der Waals surface area contributed by atoms with E-state index >= 15 is 0 Å². The SMILES string of the molecule is NC(N)(CCCC(=O)O)CCCC(=O)O. The zero-order valence-corrected chi connectivity index (χ0v) is 8.61. The number of carboxylic acid groups (broad SMARTS) is 2. The smallest absolute Gasteiger partial charge is 0.303 e. The van der Waals surface area contributed by atoms with Crippen LogP contribution in [0.15, 0.2) is 0 Å². The highest BCUT2D eigenvalue weighted by Gasteiger charge is 2.19. The molecule has 0 rings (SSSR count). The molecule has 0 spiro atoms. The highest BCUT2D eigenvalue weighted by molar-refractivity contribution is 5.66. The first-order valence-electron chi connectivity index (χ1n) is 4.85. The van der Waals surface area contributed by atoms with Crippen molar-refractivity contribution in [3.63, 3.8) is 0 Å². The molecule has 0 fully saturated rings. The lowest BCUT2D eigenvalue weighted by Gasteiger charge is -2.23. The fourth-order valence-corrected chi connectivity index (χ4v) is 1.26. The van der Waals surface area contributed by atoms with Gasteiger partial charge in [-0.2, -0.15) is 0 Å². The number of carbonyl (C=O) groups is 2. The first-order valence-corrected chi connectivity index (χ1v) is 4.85. The summed E-state index contributed by atoms with van der Waals surface area (Å²) in [4.78, 5) is 20.5. The van der Waals surface area contributed by atoms with Crippen molar-refractivity contribution >= 4 is 11.9 Å². The summed E-state index contributed by atoms with van der Waals surface area (Å²) in [6.07, 6.45) is 1.67. The van der Waals surface area contributed by atoms with Crippen LogP contribution in [0.3, 0.4) is 0 Å². The zero-order valence-electron chi connectivity index (χ0n) is 8.61. The number of hydrogen-bond acceptors (Lipinski definition) is 4. The van der Waals surface area contributed by atoms with Gasteiger partial charge in [0.15, 0.2) is 0 Å². The minimum atomic E-state index is -0.953. The van der Waals surface area contributed by atoms with Gasteiger partial charge in [0.05, 0.1) is 5.66 Å². The Hall–Kier alpha value is -1.14. The molecule has 0 aromatic carbocycles. The molecule has 0 aliphatic carbocycles.